The Morgan fingerprint density at radius 3 is 2.76 bits per heavy atom. The highest BCUT2D eigenvalue weighted by Gasteiger charge is 2.07. The highest BCUT2D eigenvalue weighted by atomic mass is 19.1. The Morgan fingerprint density at radius 1 is 1.32 bits per heavy atom. The van der Waals surface area contributed by atoms with Crippen molar-refractivity contribution >= 4 is 17.6 Å². The van der Waals surface area contributed by atoms with Gasteiger partial charge in [0.2, 0.25) is 11.8 Å². The van der Waals surface area contributed by atoms with Crippen LogP contribution in [0.15, 0.2) is 33.7 Å². The van der Waals surface area contributed by atoms with E-state index in [4.69, 9.17) is 4.42 Å². The first kappa shape index (κ1) is 18.4. The standard InChI is InChI=1S/C17H22FN5O2/c1-4-19-17(21-10-16-22-11(2)12(3)25-16)20-9-15(24)23-14-7-5-6-13(18)8-14/h5-8H,4,9-10H2,1-3H3,(H,23,24)(H2,19,20,21). The third-order valence-corrected chi connectivity index (χ3v) is 3.31. The number of anilines is 1. The van der Waals surface area contributed by atoms with E-state index >= 15 is 0 Å². The number of aliphatic imine (C=N–C) groups is 1. The van der Waals surface area contributed by atoms with E-state index in [0.717, 1.165) is 11.5 Å². The van der Waals surface area contributed by atoms with Crippen molar-refractivity contribution in [1.82, 2.24) is 15.6 Å². The lowest BCUT2D eigenvalue weighted by Gasteiger charge is -2.10. The molecule has 0 fully saturated rings. The third-order valence-electron chi connectivity index (χ3n) is 3.31. The lowest BCUT2D eigenvalue weighted by atomic mass is 10.3. The molecule has 134 valence electrons. The summed E-state index contributed by atoms with van der Waals surface area (Å²) in [7, 11) is 0. The van der Waals surface area contributed by atoms with Crippen molar-refractivity contribution in [2.45, 2.75) is 27.3 Å². The number of nitrogens with zero attached hydrogens (tertiary/aromatic N) is 2. The molecular weight excluding hydrogens is 325 g/mol. The summed E-state index contributed by atoms with van der Waals surface area (Å²) >= 11 is 0. The fraction of sp³-hybridized carbons (Fsp3) is 0.353. The molecule has 2 rings (SSSR count). The zero-order valence-corrected chi connectivity index (χ0v) is 14.5. The van der Waals surface area contributed by atoms with E-state index in [-0.39, 0.29) is 12.5 Å². The average Bonchev–Trinajstić information content (AvgIpc) is 2.88. The number of benzene rings is 1. The Labute approximate surface area is 145 Å². The maximum absolute atomic E-state index is 13.1. The number of hydrogen-bond acceptors (Lipinski definition) is 4. The monoisotopic (exact) mass is 347 g/mol. The smallest absolute Gasteiger partial charge is 0.246 e. The summed E-state index contributed by atoms with van der Waals surface area (Å²) in [5.74, 6) is 1.03. The summed E-state index contributed by atoms with van der Waals surface area (Å²) in [6, 6.07) is 5.70. The Bertz CT molecular complexity index is 738. The summed E-state index contributed by atoms with van der Waals surface area (Å²) in [4.78, 5) is 20.4. The van der Waals surface area contributed by atoms with Gasteiger partial charge >= 0.3 is 0 Å². The average molecular weight is 347 g/mol. The van der Waals surface area contributed by atoms with Crippen molar-refractivity contribution in [2.75, 3.05) is 18.4 Å². The van der Waals surface area contributed by atoms with Gasteiger partial charge in [0.1, 0.15) is 18.1 Å². The lowest BCUT2D eigenvalue weighted by molar-refractivity contribution is -0.114. The zero-order chi connectivity index (χ0) is 18.2. The Kier molecular flexibility index (Phi) is 6.50. The molecule has 8 heteroatoms. The molecule has 0 radical (unpaired) electrons. The van der Waals surface area contributed by atoms with Crippen molar-refractivity contribution in [1.29, 1.82) is 0 Å². The van der Waals surface area contributed by atoms with E-state index in [1.54, 1.807) is 6.07 Å². The van der Waals surface area contributed by atoms with Gasteiger partial charge in [-0.3, -0.25) is 4.79 Å². The fourth-order valence-electron chi connectivity index (χ4n) is 2.03. The van der Waals surface area contributed by atoms with Crippen molar-refractivity contribution in [3.8, 4) is 0 Å². The number of carbonyl (C=O) groups is 1. The van der Waals surface area contributed by atoms with Crippen LogP contribution in [0, 0.1) is 19.7 Å². The van der Waals surface area contributed by atoms with Crippen LogP contribution in [0.25, 0.3) is 0 Å². The Balaban J connectivity index is 1.90. The van der Waals surface area contributed by atoms with Crippen molar-refractivity contribution in [3.05, 3.63) is 47.4 Å². The summed E-state index contributed by atoms with van der Waals surface area (Å²) in [5, 5.41) is 8.67. The van der Waals surface area contributed by atoms with Crippen LogP contribution in [-0.2, 0) is 11.3 Å². The van der Waals surface area contributed by atoms with Crippen LogP contribution in [0.1, 0.15) is 24.3 Å². The maximum atomic E-state index is 13.1. The molecule has 2 aromatic rings. The molecule has 0 saturated heterocycles. The molecule has 0 atom stereocenters. The van der Waals surface area contributed by atoms with E-state index in [9.17, 15) is 9.18 Å². The molecule has 1 heterocycles. The van der Waals surface area contributed by atoms with Gasteiger partial charge in [0, 0.05) is 12.2 Å². The first-order valence-electron chi connectivity index (χ1n) is 7.98. The van der Waals surface area contributed by atoms with E-state index in [0.29, 0.717) is 30.6 Å². The summed E-state index contributed by atoms with van der Waals surface area (Å²) in [6.07, 6.45) is 0. The molecule has 25 heavy (non-hydrogen) atoms. The molecular formula is C17H22FN5O2. The van der Waals surface area contributed by atoms with Gasteiger partial charge in [-0.1, -0.05) is 6.07 Å². The highest BCUT2D eigenvalue weighted by Crippen LogP contribution is 2.09. The van der Waals surface area contributed by atoms with Crippen molar-refractivity contribution in [3.63, 3.8) is 0 Å². The molecule has 1 aromatic heterocycles. The summed E-state index contributed by atoms with van der Waals surface area (Å²) < 4.78 is 18.6. The predicted octanol–water partition coefficient (Wildman–Crippen LogP) is 2.12. The number of rotatable bonds is 6. The van der Waals surface area contributed by atoms with Crippen LogP contribution in [0.3, 0.4) is 0 Å². The lowest BCUT2D eigenvalue weighted by Crippen LogP contribution is -2.37. The van der Waals surface area contributed by atoms with Crippen LogP contribution >= 0.6 is 0 Å². The minimum absolute atomic E-state index is 0.102. The fourth-order valence-corrected chi connectivity index (χ4v) is 2.03. The van der Waals surface area contributed by atoms with E-state index in [2.05, 4.69) is 25.9 Å². The van der Waals surface area contributed by atoms with Crippen LogP contribution in [0.2, 0.25) is 0 Å². The van der Waals surface area contributed by atoms with Crippen molar-refractivity contribution < 1.29 is 13.6 Å². The number of halogens is 1. The van der Waals surface area contributed by atoms with E-state index in [1.165, 1.54) is 18.2 Å². The number of aromatic nitrogens is 1. The number of aryl methyl sites for hydroxylation is 2. The number of hydrogen-bond donors (Lipinski definition) is 3. The van der Waals surface area contributed by atoms with Gasteiger partial charge in [0.25, 0.3) is 0 Å². The molecule has 0 aliphatic heterocycles. The second kappa shape index (κ2) is 8.81. The van der Waals surface area contributed by atoms with Gasteiger partial charge < -0.3 is 20.4 Å². The molecule has 0 bridgehead atoms. The molecule has 1 amide bonds. The number of amides is 1. The second-order valence-corrected chi connectivity index (χ2v) is 5.36. The van der Waals surface area contributed by atoms with E-state index < -0.39 is 5.82 Å². The molecule has 0 saturated carbocycles. The summed E-state index contributed by atoms with van der Waals surface area (Å²) in [6.45, 7) is 6.53. The van der Waals surface area contributed by atoms with Crippen LogP contribution in [-0.4, -0.2) is 29.9 Å². The first-order valence-corrected chi connectivity index (χ1v) is 7.98. The van der Waals surface area contributed by atoms with Crippen LogP contribution < -0.4 is 16.0 Å². The molecule has 0 spiro atoms. The number of oxazole rings is 1. The van der Waals surface area contributed by atoms with Gasteiger partial charge in [0.15, 0.2) is 5.96 Å². The zero-order valence-electron chi connectivity index (χ0n) is 14.5. The number of carbonyl (C=O) groups excluding carboxylic acids is 1. The minimum atomic E-state index is -0.409. The SMILES string of the molecule is CCNC(=NCC(=O)Nc1cccc(F)c1)NCc1nc(C)c(C)o1. The largest absolute Gasteiger partial charge is 0.444 e. The van der Waals surface area contributed by atoms with Crippen LogP contribution in [0.5, 0.6) is 0 Å². The number of nitrogens with one attached hydrogen (secondary N) is 3. The maximum Gasteiger partial charge on any atom is 0.246 e. The minimum Gasteiger partial charge on any atom is -0.444 e. The Hall–Kier alpha value is -2.90. The third kappa shape index (κ3) is 5.91. The van der Waals surface area contributed by atoms with Gasteiger partial charge in [-0.2, -0.15) is 0 Å². The normalized spacial score (nSPS) is 11.3. The second-order valence-electron chi connectivity index (χ2n) is 5.36. The quantitative estimate of drug-likeness (QED) is 0.550. The van der Waals surface area contributed by atoms with Crippen molar-refractivity contribution in [2.24, 2.45) is 4.99 Å². The number of guanidine groups is 1. The summed E-state index contributed by atoms with van der Waals surface area (Å²) in [5.41, 5.74) is 1.23. The van der Waals surface area contributed by atoms with E-state index in [1.807, 2.05) is 20.8 Å². The molecule has 0 aliphatic rings. The van der Waals surface area contributed by atoms with Gasteiger partial charge in [-0.25, -0.2) is 14.4 Å². The predicted molar refractivity (Wildman–Crippen MR) is 93.8 cm³/mol. The topological polar surface area (TPSA) is 91.5 Å². The van der Waals surface area contributed by atoms with Gasteiger partial charge in [-0.05, 0) is 39.0 Å². The highest BCUT2D eigenvalue weighted by molar-refractivity contribution is 5.94. The molecule has 7 nitrogen and oxygen atoms in total. The molecule has 1 aromatic carbocycles. The van der Waals surface area contributed by atoms with Gasteiger partial charge in [-0.15, -0.1) is 0 Å². The van der Waals surface area contributed by atoms with Crippen LogP contribution in [0.4, 0.5) is 10.1 Å². The van der Waals surface area contributed by atoms with Gasteiger partial charge in [0.05, 0.1) is 12.2 Å². The molecule has 0 aliphatic carbocycles. The molecule has 0 unspecified atom stereocenters. The molecule has 3 N–H and O–H groups in total. The Morgan fingerprint density at radius 2 is 2.12 bits per heavy atom. The first-order chi connectivity index (χ1) is 12.0.